The molecule has 0 aliphatic carbocycles. The van der Waals surface area contributed by atoms with Crippen molar-refractivity contribution in [1.29, 1.82) is 0 Å². The van der Waals surface area contributed by atoms with Gasteiger partial charge in [0.15, 0.2) is 9.84 Å². The fourth-order valence-corrected chi connectivity index (χ4v) is 2.45. The first-order valence-electron chi connectivity index (χ1n) is 5.71. The second kappa shape index (κ2) is 5.69. The van der Waals surface area contributed by atoms with E-state index in [1.165, 1.54) is 13.0 Å². The molecular formula is C12H19NO4S. The summed E-state index contributed by atoms with van der Waals surface area (Å²) >= 11 is 0. The Morgan fingerprint density at radius 1 is 1.33 bits per heavy atom. The van der Waals surface area contributed by atoms with E-state index in [0.29, 0.717) is 5.69 Å². The number of para-hydroxylation sites is 1. The van der Waals surface area contributed by atoms with Gasteiger partial charge in [-0.3, -0.25) is 0 Å². The zero-order valence-corrected chi connectivity index (χ0v) is 11.4. The first-order chi connectivity index (χ1) is 8.32. The summed E-state index contributed by atoms with van der Waals surface area (Å²) in [7, 11) is -3.31. The fraction of sp³-hybridized carbons (Fsp3) is 0.500. The Morgan fingerprint density at radius 3 is 2.50 bits per heavy atom. The summed E-state index contributed by atoms with van der Waals surface area (Å²) in [5.74, 6) is 0.0160. The van der Waals surface area contributed by atoms with Gasteiger partial charge in [0.05, 0.1) is 22.9 Å². The van der Waals surface area contributed by atoms with Crippen LogP contribution in [0.25, 0.3) is 0 Å². The van der Waals surface area contributed by atoms with Gasteiger partial charge in [-0.05, 0) is 19.1 Å². The third-order valence-corrected chi connectivity index (χ3v) is 4.39. The minimum Gasteiger partial charge on any atom is -0.393 e. The van der Waals surface area contributed by atoms with Gasteiger partial charge in [-0.2, -0.15) is 0 Å². The topological polar surface area (TPSA) is 86.6 Å². The summed E-state index contributed by atoms with van der Waals surface area (Å²) in [6.07, 6.45) is 0. The van der Waals surface area contributed by atoms with Crippen LogP contribution in [0.4, 0.5) is 5.69 Å². The number of aliphatic hydroxyl groups is 2. The summed E-state index contributed by atoms with van der Waals surface area (Å²) in [4.78, 5) is 0.209. The summed E-state index contributed by atoms with van der Waals surface area (Å²) in [5.41, 5.74) is -0.851. The van der Waals surface area contributed by atoms with Crippen molar-refractivity contribution in [2.24, 2.45) is 0 Å². The molecule has 0 aliphatic rings. The number of nitrogens with one attached hydrogen (secondary N) is 1. The third-order valence-electron chi connectivity index (χ3n) is 2.60. The van der Waals surface area contributed by atoms with Crippen LogP contribution >= 0.6 is 0 Å². The smallest absolute Gasteiger partial charge is 0.180 e. The molecule has 0 saturated heterocycles. The average Bonchev–Trinajstić information content (AvgIpc) is 2.37. The number of aliphatic hydroxyl groups excluding tert-OH is 1. The molecule has 1 unspecified atom stereocenters. The van der Waals surface area contributed by atoms with E-state index in [1.54, 1.807) is 25.1 Å². The molecule has 0 amide bonds. The van der Waals surface area contributed by atoms with Gasteiger partial charge in [-0.1, -0.05) is 19.1 Å². The standard InChI is InChI=1S/C12H19NO4S/c1-3-18(16,17)11-7-5-4-6-10(11)13-8-12(2,15)9-14/h4-7,13-15H,3,8-9H2,1-2H3. The molecule has 18 heavy (non-hydrogen) atoms. The number of benzene rings is 1. The van der Waals surface area contributed by atoms with Crippen LogP contribution in [0.2, 0.25) is 0 Å². The van der Waals surface area contributed by atoms with Crippen molar-refractivity contribution in [3.8, 4) is 0 Å². The Kier molecular flexibility index (Phi) is 4.72. The first kappa shape index (κ1) is 14.9. The van der Waals surface area contributed by atoms with E-state index in [0.717, 1.165) is 0 Å². The van der Waals surface area contributed by atoms with E-state index in [2.05, 4.69) is 5.32 Å². The van der Waals surface area contributed by atoms with Gasteiger partial charge in [0.25, 0.3) is 0 Å². The lowest BCUT2D eigenvalue weighted by molar-refractivity contribution is 0.0132. The van der Waals surface area contributed by atoms with Crippen molar-refractivity contribution < 1.29 is 18.6 Å². The van der Waals surface area contributed by atoms with Crippen LogP contribution in [0.5, 0.6) is 0 Å². The highest BCUT2D eigenvalue weighted by atomic mass is 32.2. The van der Waals surface area contributed by atoms with Crippen LogP contribution in [0.15, 0.2) is 29.2 Å². The molecule has 5 nitrogen and oxygen atoms in total. The largest absolute Gasteiger partial charge is 0.393 e. The minimum absolute atomic E-state index is 0.0160. The number of sulfone groups is 1. The Morgan fingerprint density at radius 2 is 1.94 bits per heavy atom. The van der Waals surface area contributed by atoms with Gasteiger partial charge < -0.3 is 15.5 Å². The second-order valence-electron chi connectivity index (χ2n) is 4.41. The summed E-state index contributed by atoms with van der Waals surface area (Å²) in [5, 5.41) is 21.5. The highest BCUT2D eigenvalue weighted by Crippen LogP contribution is 2.22. The van der Waals surface area contributed by atoms with E-state index in [4.69, 9.17) is 5.11 Å². The van der Waals surface area contributed by atoms with Gasteiger partial charge in [0.2, 0.25) is 0 Å². The van der Waals surface area contributed by atoms with E-state index >= 15 is 0 Å². The highest BCUT2D eigenvalue weighted by Gasteiger charge is 2.21. The van der Waals surface area contributed by atoms with Crippen molar-refractivity contribution in [2.75, 3.05) is 24.2 Å². The molecule has 1 rings (SSSR count). The Bertz CT molecular complexity index is 497. The predicted molar refractivity (Wildman–Crippen MR) is 70.4 cm³/mol. The second-order valence-corrected chi connectivity index (χ2v) is 6.65. The Hall–Kier alpha value is -1.11. The number of hydrogen-bond acceptors (Lipinski definition) is 5. The molecule has 0 bridgehead atoms. The van der Waals surface area contributed by atoms with Crippen LogP contribution < -0.4 is 5.32 Å². The zero-order chi connectivity index (χ0) is 13.8. The molecule has 1 aromatic rings. The van der Waals surface area contributed by atoms with Crippen LogP contribution in [0, 0.1) is 0 Å². The van der Waals surface area contributed by atoms with Gasteiger partial charge in [-0.15, -0.1) is 0 Å². The summed E-state index contributed by atoms with van der Waals surface area (Å²) in [6, 6.07) is 6.52. The molecule has 102 valence electrons. The van der Waals surface area contributed by atoms with Crippen molar-refractivity contribution in [3.63, 3.8) is 0 Å². The van der Waals surface area contributed by atoms with Crippen molar-refractivity contribution in [1.82, 2.24) is 0 Å². The molecule has 0 spiro atoms. The van der Waals surface area contributed by atoms with Gasteiger partial charge >= 0.3 is 0 Å². The number of anilines is 1. The number of rotatable bonds is 6. The van der Waals surface area contributed by atoms with Crippen LogP contribution in [-0.4, -0.2) is 43.1 Å². The maximum absolute atomic E-state index is 11.9. The Balaban J connectivity index is 2.98. The molecule has 3 N–H and O–H groups in total. The molecular weight excluding hydrogens is 254 g/mol. The lowest BCUT2D eigenvalue weighted by atomic mass is 10.1. The lowest BCUT2D eigenvalue weighted by Crippen LogP contribution is -2.37. The molecule has 0 fully saturated rings. The minimum atomic E-state index is -3.31. The molecule has 1 aromatic carbocycles. The summed E-state index contributed by atoms with van der Waals surface area (Å²) < 4.78 is 23.7. The number of hydrogen-bond donors (Lipinski definition) is 3. The summed E-state index contributed by atoms with van der Waals surface area (Å²) in [6.45, 7) is 2.72. The van der Waals surface area contributed by atoms with E-state index in [1.807, 2.05) is 0 Å². The van der Waals surface area contributed by atoms with Crippen LogP contribution in [0.1, 0.15) is 13.8 Å². The fourth-order valence-electron chi connectivity index (χ4n) is 1.38. The van der Waals surface area contributed by atoms with Gasteiger partial charge in [-0.25, -0.2) is 8.42 Å². The van der Waals surface area contributed by atoms with Crippen LogP contribution in [0.3, 0.4) is 0 Å². The van der Waals surface area contributed by atoms with E-state index in [-0.39, 0.29) is 17.2 Å². The highest BCUT2D eigenvalue weighted by molar-refractivity contribution is 7.91. The quantitative estimate of drug-likeness (QED) is 0.708. The molecule has 6 heteroatoms. The predicted octanol–water partition coefficient (Wildman–Crippen LogP) is 0.635. The molecule has 0 radical (unpaired) electrons. The third kappa shape index (κ3) is 3.69. The zero-order valence-electron chi connectivity index (χ0n) is 10.5. The maximum Gasteiger partial charge on any atom is 0.180 e. The van der Waals surface area contributed by atoms with Crippen molar-refractivity contribution in [3.05, 3.63) is 24.3 Å². The normalized spacial score (nSPS) is 15.1. The van der Waals surface area contributed by atoms with Gasteiger partial charge in [0.1, 0.15) is 5.60 Å². The van der Waals surface area contributed by atoms with Crippen molar-refractivity contribution in [2.45, 2.75) is 24.3 Å². The first-order valence-corrected chi connectivity index (χ1v) is 7.36. The van der Waals surface area contributed by atoms with E-state index < -0.39 is 22.0 Å². The monoisotopic (exact) mass is 273 g/mol. The average molecular weight is 273 g/mol. The van der Waals surface area contributed by atoms with Crippen molar-refractivity contribution >= 4 is 15.5 Å². The SMILES string of the molecule is CCS(=O)(=O)c1ccccc1NCC(C)(O)CO. The van der Waals surface area contributed by atoms with Gasteiger partial charge in [0, 0.05) is 6.54 Å². The molecule has 0 aromatic heterocycles. The molecule has 0 heterocycles. The van der Waals surface area contributed by atoms with Crippen LogP contribution in [-0.2, 0) is 9.84 Å². The Labute approximate surface area is 107 Å². The molecule has 0 saturated carbocycles. The lowest BCUT2D eigenvalue weighted by Gasteiger charge is -2.22. The molecule has 0 aliphatic heterocycles. The maximum atomic E-state index is 11.9. The molecule has 1 atom stereocenters. The van der Waals surface area contributed by atoms with E-state index in [9.17, 15) is 13.5 Å².